The summed E-state index contributed by atoms with van der Waals surface area (Å²) in [7, 11) is 0. The quantitative estimate of drug-likeness (QED) is 0.775. The second kappa shape index (κ2) is 6.27. The van der Waals surface area contributed by atoms with Gasteiger partial charge in [-0.1, -0.05) is 11.6 Å². The van der Waals surface area contributed by atoms with Crippen molar-refractivity contribution in [3.8, 4) is 5.75 Å². The van der Waals surface area contributed by atoms with Crippen molar-refractivity contribution in [3.63, 3.8) is 0 Å². The van der Waals surface area contributed by atoms with E-state index in [1.54, 1.807) is 24.3 Å². The van der Waals surface area contributed by atoms with Gasteiger partial charge < -0.3 is 15.2 Å². The van der Waals surface area contributed by atoms with Gasteiger partial charge in [0, 0.05) is 18.2 Å². The molecule has 0 aliphatic rings. The normalized spacial score (nSPS) is 9.73. The number of benzene rings is 1. The van der Waals surface area contributed by atoms with E-state index in [4.69, 9.17) is 21.4 Å². The van der Waals surface area contributed by atoms with E-state index in [9.17, 15) is 4.79 Å². The van der Waals surface area contributed by atoms with Crippen LogP contribution in [0.3, 0.4) is 0 Å². The van der Waals surface area contributed by atoms with Gasteiger partial charge in [-0.25, -0.2) is 4.79 Å². The predicted octanol–water partition coefficient (Wildman–Crippen LogP) is 1.81. The highest BCUT2D eigenvalue weighted by atomic mass is 35.5. The third kappa shape index (κ3) is 4.67. The molecule has 0 unspecified atom stereocenters. The van der Waals surface area contributed by atoms with Crippen molar-refractivity contribution in [2.45, 2.75) is 6.42 Å². The van der Waals surface area contributed by atoms with Crippen molar-refractivity contribution in [2.24, 2.45) is 0 Å². The van der Waals surface area contributed by atoms with Crippen LogP contribution in [0.15, 0.2) is 24.3 Å². The van der Waals surface area contributed by atoms with Crippen LogP contribution in [0.2, 0.25) is 5.02 Å². The second-order valence-corrected chi connectivity index (χ2v) is 3.28. The molecule has 0 aromatic heterocycles. The first-order valence-corrected chi connectivity index (χ1v) is 4.92. The molecule has 2 N–H and O–H groups in total. The number of amides is 1. The minimum absolute atomic E-state index is 0.0429. The smallest absolute Gasteiger partial charge is 0.410 e. The fourth-order valence-electron chi connectivity index (χ4n) is 0.915. The number of hydrogen-bond acceptors (Lipinski definition) is 3. The lowest BCUT2D eigenvalue weighted by Gasteiger charge is -2.05. The summed E-state index contributed by atoms with van der Waals surface area (Å²) in [5.41, 5.74) is 0. The van der Waals surface area contributed by atoms with Crippen molar-refractivity contribution in [2.75, 3.05) is 13.2 Å². The maximum absolute atomic E-state index is 11.1. The van der Waals surface area contributed by atoms with Crippen LogP contribution in [0.5, 0.6) is 5.75 Å². The zero-order chi connectivity index (χ0) is 11.1. The van der Waals surface area contributed by atoms with E-state index < -0.39 is 6.09 Å². The van der Waals surface area contributed by atoms with Crippen LogP contribution >= 0.6 is 11.6 Å². The molecule has 0 aliphatic heterocycles. The largest absolute Gasteiger partial charge is 0.412 e. The summed E-state index contributed by atoms with van der Waals surface area (Å²) in [5, 5.41) is 11.6. The molecule has 1 amide bonds. The van der Waals surface area contributed by atoms with E-state index >= 15 is 0 Å². The molecule has 0 bridgehead atoms. The molecule has 0 aliphatic carbocycles. The van der Waals surface area contributed by atoms with Crippen LogP contribution in [-0.4, -0.2) is 24.4 Å². The third-order valence-electron chi connectivity index (χ3n) is 1.63. The van der Waals surface area contributed by atoms with E-state index in [2.05, 4.69) is 5.32 Å². The Morgan fingerprint density at radius 1 is 1.40 bits per heavy atom. The lowest BCUT2D eigenvalue weighted by Crippen LogP contribution is -2.28. The minimum atomic E-state index is -0.536. The predicted molar refractivity (Wildman–Crippen MR) is 57.2 cm³/mol. The fraction of sp³-hybridized carbons (Fsp3) is 0.300. The number of nitrogens with one attached hydrogen (secondary N) is 1. The van der Waals surface area contributed by atoms with Gasteiger partial charge >= 0.3 is 6.09 Å². The topological polar surface area (TPSA) is 58.6 Å². The first-order chi connectivity index (χ1) is 7.22. The molecule has 5 heteroatoms. The van der Waals surface area contributed by atoms with Gasteiger partial charge in [-0.05, 0) is 30.7 Å². The number of hydrogen-bond donors (Lipinski definition) is 2. The summed E-state index contributed by atoms with van der Waals surface area (Å²) >= 11 is 5.67. The van der Waals surface area contributed by atoms with Crippen molar-refractivity contribution < 1.29 is 14.6 Å². The summed E-state index contributed by atoms with van der Waals surface area (Å²) in [6, 6.07) is 6.48. The molecule has 0 radical (unpaired) electrons. The van der Waals surface area contributed by atoms with Crippen LogP contribution < -0.4 is 10.1 Å². The van der Waals surface area contributed by atoms with Crippen LogP contribution in [0.1, 0.15) is 6.42 Å². The first-order valence-electron chi connectivity index (χ1n) is 4.54. The van der Waals surface area contributed by atoms with Gasteiger partial charge in [0.15, 0.2) is 0 Å². The maximum Gasteiger partial charge on any atom is 0.412 e. The van der Waals surface area contributed by atoms with Gasteiger partial charge in [0.25, 0.3) is 0 Å². The molecule has 0 atom stereocenters. The number of aliphatic hydroxyl groups excluding tert-OH is 1. The average Bonchev–Trinajstić information content (AvgIpc) is 2.22. The number of carbonyl (C=O) groups excluding carboxylic acids is 1. The van der Waals surface area contributed by atoms with E-state index in [0.717, 1.165) is 0 Å². The highest BCUT2D eigenvalue weighted by molar-refractivity contribution is 6.30. The zero-order valence-electron chi connectivity index (χ0n) is 8.07. The summed E-state index contributed by atoms with van der Waals surface area (Å²) in [6.45, 7) is 0.435. The molecule has 1 aromatic rings. The van der Waals surface area contributed by atoms with Gasteiger partial charge in [0.05, 0.1) is 0 Å². The molecule has 15 heavy (non-hydrogen) atoms. The lowest BCUT2D eigenvalue weighted by atomic mass is 10.3. The molecule has 0 saturated carbocycles. The molecule has 1 aromatic carbocycles. The van der Waals surface area contributed by atoms with Gasteiger partial charge in [0.1, 0.15) is 5.75 Å². The van der Waals surface area contributed by atoms with Crippen molar-refractivity contribution >= 4 is 17.7 Å². The summed E-state index contributed by atoms with van der Waals surface area (Å²) < 4.78 is 4.93. The highest BCUT2D eigenvalue weighted by Crippen LogP contribution is 2.15. The fourth-order valence-corrected chi connectivity index (χ4v) is 1.04. The van der Waals surface area contributed by atoms with E-state index in [1.807, 2.05) is 0 Å². The van der Waals surface area contributed by atoms with Crippen molar-refractivity contribution in [1.29, 1.82) is 0 Å². The Morgan fingerprint density at radius 2 is 2.07 bits per heavy atom. The van der Waals surface area contributed by atoms with Gasteiger partial charge in [-0.3, -0.25) is 0 Å². The van der Waals surface area contributed by atoms with Crippen molar-refractivity contribution in [1.82, 2.24) is 5.32 Å². The van der Waals surface area contributed by atoms with Crippen LogP contribution in [-0.2, 0) is 0 Å². The van der Waals surface area contributed by atoms with Gasteiger partial charge in [0.2, 0.25) is 0 Å². The standard InChI is InChI=1S/C10H12ClNO3/c11-8-2-4-9(5-3-8)15-10(14)12-6-1-7-13/h2-5,13H,1,6-7H2,(H,12,14). The Morgan fingerprint density at radius 3 is 2.67 bits per heavy atom. The SMILES string of the molecule is O=C(NCCCO)Oc1ccc(Cl)cc1. The molecule has 1 rings (SSSR count). The monoisotopic (exact) mass is 229 g/mol. The Kier molecular flexibility index (Phi) is 4.93. The molecule has 0 saturated heterocycles. The zero-order valence-corrected chi connectivity index (χ0v) is 8.83. The number of ether oxygens (including phenoxy) is 1. The Labute approximate surface area is 92.8 Å². The summed E-state index contributed by atoms with van der Waals surface area (Å²) in [5.74, 6) is 0.431. The number of halogens is 1. The molecule has 0 heterocycles. The van der Waals surface area contributed by atoms with E-state index in [1.165, 1.54) is 0 Å². The molecule has 0 spiro atoms. The number of rotatable bonds is 4. The lowest BCUT2D eigenvalue weighted by molar-refractivity contribution is 0.199. The number of aliphatic hydroxyl groups is 1. The second-order valence-electron chi connectivity index (χ2n) is 2.85. The summed E-state index contributed by atoms with van der Waals surface area (Å²) in [6.07, 6.45) is -0.0267. The van der Waals surface area contributed by atoms with Gasteiger partial charge in [-0.2, -0.15) is 0 Å². The average molecular weight is 230 g/mol. The third-order valence-corrected chi connectivity index (χ3v) is 1.88. The van der Waals surface area contributed by atoms with Gasteiger partial charge in [-0.15, -0.1) is 0 Å². The first kappa shape index (κ1) is 11.8. The molecular weight excluding hydrogens is 218 g/mol. The maximum atomic E-state index is 11.1. The molecule has 82 valence electrons. The molecule has 0 fully saturated rings. The molecular formula is C10H12ClNO3. The minimum Gasteiger partial charge on any atom is -0.410 e. The Hall–Kier alpha value is -1.26. The number of carbonyl (C=O) groups is 1. The molecule has 4 nitrogen and oxygen atoms in total. The highest BCUT2D eigenvalue weighted by Gasteiger charge is 2.02. The Balaban J connectivity index is 2.34. The van der Waals surface area contributed by atoms with Crippen LogP contribution in [0.25, 0.3) is 0 Å². The van der Waals surface area contributed by atoms with E-state index in [-0.39, 0.29) is 6.61 Å². The Bertz CT molecular complexity index is 313. The summed E-state index contributed by atoms with van der Waals surface area (Å²) in [4.78, 5) is 11.1. The van der Waals surface area contributed by atoms with Crippen LogP contribution in [0, 0.1) is 0 Å². The van der Waals surface area contributed by atoms with Crippen LogP contribution in [0.4, 0.5) is 4.79 Å². The van der Waals surface area contributed by atoms with Crippen molar-refractivity contribution in [3.05, 3.63) is 29.3 Å². The van der Waals surface area contributed by atoms with E-state index in [0.29, 0.717) is 23.7 Å².